The average molecular weight is 322 g/mol. The average Bonchev–Trinajstić information content (AvgIpc) is 2.67. The Bertz CT molecular complexity index is 574. The van der Waals surface area contributed by atoms with E-state index in [0.717, 1.165) is 29.6 Å². The molecule has 2 aromatic rings. The standard InChI is InChI=1S/C12H15Cl3N4/c1-8-6-9-10(17-7-8)19(5-3-2-4-16)11(18-9)12(13,14)15/h6-7H,2-5,16H2,1H3. The van der Waals surface area contributed by atoms with Gasteiger partial charge < -0.3 is 10.3 Å². The van der Waals surface area contributed by atoms with Crippen LogP contribution in [0, 0.1) is 6.92 Å². The van der Waals surface area contributed by atoms with E-state index >= 15 is 0 Å². The number of halogens is 3. The number of nitrogens with zero attached hydrogens (tertiary/aromatic N) is 3. The van der Waals surface area contributed by atoms with Crippen molar-refractivity contribution in [2.45, 2.75) is 30.1 Å². The minimum Gasteiger partial charge on any atom is -0.330 e. The fourth-order valence-corrected chi connectivity index (χ4v) is 2.39. The van der Waals surface area contributed by atoms with Crippen molar-refractivity contribution in [3.05, 3.63) is 23.7 Å². The van der Waals surface area contributed by atoms with Crippen LogP contribution in [-0.4, -0.2) is 21.1 Å². The molecule has 7 heteroatoms. The Kier molecular flexibility index (Phi) is 4.56. The monoisotopic (exact) mass is 320 g/mol. The maximum atomic E-state index is 5.98. The molecule has 0 spiro atoms. The largest absolute Gasteiger partial charge is 0.330 e. The summed E-state index contributed by atoms with van der Waals surface area (Å²) < 4.78 is 0.300. The topological polar surface area (TPSA) is 56.7 Å². The van der Waals surface area contributed by atoms with Crippen molar-refractivity contribution >= 4 is 46.0 Å². The summed E-state index contributed by atoms with van der Waals surface area (Å²) in [4.78, 5) is 8.78. The van der Waals surface area contributed by atoms with Crippen LogP contribution in [0.5, 0.6) is 0 Å². The molecule has 0 bridgehead atoms. The zero-order valence-electron chi connectivity index (χ0n) is 10.5. The number of aromatic nitrogens is 3. The normalized spacial score (nSPS) is 12.3. The summed E-state index contributed by atoms with van der Waals surface area (Å²) in [6, 6.07) is 1.93. The Balaban J connectivity index is 2.49. The van der Waals surface area contributed by atoms with Crippen molar-refractivity contribution < 1.29 is 0 Å². The molecular formula is C12H15Cl3N4. The number of hydrogen-bond donors (Lipinski definition) is 1. The van der Waals surface area contributed by atoms with Crippen LogP contribution in [0.25, 0.3) is 11.2 Å². The van der Waals surface area contributed by atoms with Gasteiger partial charge >= 0.3 is 0 Å². The third-order valence-electron chi connectivity index (χ3n) is 2.81. The zero-order valence-corrected chi connectivity index (χ0v) is 12.8. The number of alkyl halides is 3. The highest BCUT2D eigenvalue weighted by atomic mass is 35.6. The smallest absolute Gasteiger partial charge is 0.248 e. The van der Waals surface area contributed by atoms with Gasteiger partial charge in [-0.25, -0.2) is 9.97 Å². The van der Waals surface area contributed by atoms with Crippen LogP contribution in [0.1, 0.15) is 24.2 Å². The summed E-state index contributed by atoms with van der Waals surface area (Å²) in [6.45, 7) is 3.28. The maximum absolute atomic E-state index is 5.98. The Morgan fingerprint density at radius 3 is 2.68 bits per heavy atom. The van der Waals surface area contributed by atoms with Crippen molar-refractivity contribution in [3.63, 3.8) is 0 Å². The van der Waals surface area contributed by atoms with E-state index in [-0.39, 0.29) is 0 Å². The van der Waals surface area contributed by atoms with E-state index in [1.165, 1.54) is 0 Å². The molecule has 2 rings (SSSR count). The molecule has 2 N–H and O–H groups in total. The van der Waals surface area contributed by atoms with Gasteiger partial charge in [-0.1, -0.05) is 34.8 Å². The molecule has 0 unspecified atom stereocenters. The molecule has 0 saturated carbocycles. The van der Waals surface area contributed by atoms with Crippen molar-refractivity contribution in [1.29, 1.82) is 0 Å². The number of nitrogens with two attached hydrogens (primary N) is 1. The van der Waals surface area contributed by atoms with Crippen LogP contribution in [-0.2, 0) is 10.3 Å². The Morgan fingerprint density at radius 1 is 1.32 bits per heavy atom. The first-order chi connectivity index (χ1) is 8.93. The lowest BCUT2D eigenvalue weighted by molar-refractivity contribution is 0.603. The lowest BCUT2D eigenvalue weighted by Gasteiger charge is -2.13. The van der Waals surface area contributed by atoms with Crippen molar-refractivity contribution in [2.75, 3.05) is 6.54 Å². The summed E-state index contributed by atoms with van der Waals surface area (Å²) in [5.74, 6) is 0.405. The molecule has 0 saturated heterocycles. The second-order valence-corrected chi connectivity index (χ2v) is 6.72. The summed E-state index contributed by atoms with van der Waals surface area (Å²) >= 11 is 17.9. The third-order valence-corrected chi connectivity index (χ3v) is 3.32. The molecule has 2 aromatic heterocycles. The maximum Gasteiger partial charge on any atom is 0.248 e. The molecular weight excluding hydrogens is 307 g/mol. The minimum absolute atomic E-state index is 0.405. The molecule has 2 heterocycles. The Labute approximate surface area is 126 Å². The molecule has 0 aliphatic carbocycles. The minimum atomic E-state index is -1.56. The van der Waals surface area contributed by atoms with Gasteiger partial charge in [0.15, 0.2) is 11.5 Å². The Morgan fingerprint density at radius 2 is 2.05 bits per heavy atom. The van der Waals surface area contributed by atoms with Crippen LogP contribution in [0.2, 0.25) is 0 Å². The number of fused-ring (bicyclic) bond motifs is 1. The molecule has 0 aliphatic heterocycles. The Hall–Kier alpha value is -0.550. The number of imidazole rings is 1. The SMILES string of the molecule is Cc1cnc2c(c1)nc(C(Cl)(Cl)Cl)n2CCCCN. The zero-order chi connectivity index (χ0) is 14.0. The van der Waals surface area contributed by atoms with Gasteiger partial charge in [-0.15, -0.1) is 0 Å². The first kappa shape index (κ1) is 14.9. The first-order valence-electron chi connectivity index (χ1n) is 6.03. The van der Waals surface area contributed by atoms with Gasteiger partial charge in [-0.3, -0.25) is 0 Å². The van der Waals surface area contributed by atoms with E-state index < -0.39 is 3.79 Å². The highest BCUT2D eigenvalue weighted by Crippen LogP contribution is 2.38. The van der Waals surface area contributed by atoms with E-state index in [0.29, 0.717) is 18.9 Å². The molecule has 104 valence electrons. The quantitative estimate of drug-likeness (QED) is 0.694. The molecule has 4 nitrogen and oxygen atoms in total. The van der Waals surface area contributed by atoms with Gasteiger partial charge in [0.25, 0.3) is 0 Å². The third kappa shape index (κ3) is 3.31. The molecule has 0 amide bonds. The van der Waals surface area contributed by atoms with E-state index in [2.05, 4.69) is 9.97 Å². The highest BCUT2D eigenvalue weighted by Gasteiger charge is 2.30. The van der Waals surface area contributed by atoms with Gasteiger partial charge in [0.2, 0.25) is 3.79 Å². The van der Waals surface area contributed by atoms with Crippen LogP contribution >= 0.6 is 34.8 Å². The molecule has 19 heavy (non-hydrogen) atoms. The predicted octanol–water partition coefficient (Wildman–Crippen LogP) is 3.31. The van der Waals surface area contributed by atoms with E-state index in [9.17, 15) is 0 Å². The summed E-state index contributed by atoms with van der Waals surface area (Å²) in [7, 11) is 0. The molecule has 0 aromatic carbocycles. The van der Waals surface area contributed by atoms with Crippen LogP contribution in [0.4, 0.5) is 0 Å². The summed E-state index contributed by atoms with van der Waals surface area (Å²) in [5.41, 5.74) is 8.01. The summed E-state index contributed by atoms with van der Waals surface area (Å²) in [6.07, 6.45) is 3.59. The van der Waals surface area contributed by atoms with Gasteiger partial charge in [0.1, 0.15) is 5.52 Å². The lowest BCUT2D eigenvalue weighted by Crippen LogP contribution is -2.13. The van der Waals surface area contributed by atoms with Crippen molar-refractivity contribution in [3.8, 4) is 0 Å². The van der Waals surface area contributed by atoms with Gasteiger partial charge in [-0.05, 0) is 37.9 Å². The second-order valence-electron chi connectivity index (χ2n) is 4.44. The second kappa shape index (κ2) is 5.83. The predicted molar refractivity (Wildman–Crippen MR) is 79.8 cm³/mol. The number of aryl methyl sites for hydroxylation is 2. The molecule has 0 aliphatic rings. The molecule has 0 fully saturated rings. The number of unbranched alkanes of at least 4 members (excludes halogenated alkanes) is 1. The lowest BCUT2D eigenvalue weighted by atomic mass is 10.3. The highest BCUT2D eigenvalue weighted by molar-refractivity contribution is 6.66. The van der Waals surface area contributed by atoms with Crippen LogP contribution in [0.15, 0.2) is 12.3 Å². The first-order valence-corrected chi connectivity index (χ1v) is 7.17. The van der Waals surface area contributed by atoms with Crippen molar-refractivity contribution in [1.82, 2.24) is 14.5 Å². The fraction of sp³-hybridized carbons (Fsp3) is 0.500. The van der Waals surface area contributed by atoms with Crippen molar-refractivity contribution in [2.24, 2.45) is 5.73 Å². The van der Waals surface area contributed by atoms with E-state index in [1.807, 2.05) is 17.6 Å². The fourth-order valence-electron chi connectivity index (χ4n) is 1.95. The van der Waals surface area contributed by atoms with Crippen LogP contribution in [0.3, 0.4) is 0 Å². The van der Waals surface area contributed by atoms with Gasteiger partial charge in [0, 0.05) is 12.7 Å². The number of hydrogen-bond acceptors (Lipinski definition) is 3. The van der Waals surface area contributed by atoms with Gasteiger partial charge in [-0.2, -0.15) is 0 Å². The van der Waals surface area contributed by atoms with Crippen LogP contribution < -0.4 is 5.73 Å². The van der Waals surface area contributed by atoms with Gasteiger partial charge in [0.05, 0.1) is 0 Å². The molecule has 0 radical (unpaired) electrons. The summed E-state index contributed by atoms with van der Waals surface area (Å²) in [5, 5.41) is 0. The van der Waals surface area contributed by atoms with E-state index in [1.54, 1.807) is 6.20 Å². The van der Waals surface area contributed by atoms with E-state index in [4.69, 9.17) is 40.5 Å². The number of pyridine rings is 1. The molecule has 0 atom stereocenters. The number of rotatable bonds is 4.